The van der Waals surface area contributed by atoms with Crippen LogP contribution in [-0.2, 0) is 16.1 Å². The van der Waals surface area contributed by atoms with Gasteiger partial charge in [-0.15, -0.1) is 5.10 Å². The summed E-state index contributed by atoms with van der Waals surface area (Å²) in [5.74, 6) is -2.01. The number of nitrogens with one attached hydrogen (secondary N) is 1. The van der Waals surface area contributed by atoms with E-state index in [1.54, 1.807) is 12.1 Å². The van der Waals surface area contributed by atoms with E-state index >= 15 is 0 Å². The van der Waals surface area contributed by atoms with Crippen molar-refractivity contribution in [1.29, 1.82) is 0 Å². The molecule has 3 aliphatic heterocycles. The molecule has 3 N–H and O–H groups in total. The zero-order chi connectivity index (χ0) is 21.7. The van der Waals surface area contributed by atoms with Crippen LogP contribution >= 0.6 is 0 Å². The number of benzene rings is 1. The van der Waals surface area contributed by atoms with Gasteiger partial charge in [0.1, 0.15) is 6.04 Å². The number of carbonyl (C=O) groups excluding carboxylic acids is 4. The quantitative estimate of drug-likeness (QED) is 0.632. The number of nitrogens with two attached hydrogens (primary N) is 1. The maximum absolute atomic E-state index is 13.0. The lowest BCUT2D eigenvalue weighted by molar-refractivity contribution is -0.136. The Kier molecular flexibility index (Phi) is 4.54. The van der Waals surface area contributed by atoms with E-state index < -0.39 is 29.7 Å². The number of imide groups is 2. The van der Waals surface area contributed by atoms with E-state index in [1.807, 2.05) is 16.9 Å². The fourth-order valence-corrected chi connectivity index (χ4v) is 4.43. The standard InChI is InChI=1S/C20H21N7O4/c21-8-11-9-26(24-23-11)13-5-6-25(10-13)12-1-2-14-15(7-12)20(31)27(19(14)30)16-3-4-17(28)22-18(16)29/h1-2,7,9,13,16H,3-6,8,10,21H2,(H,22,28,29). The van der Waals surface area contributed by atoms with Crippen LogP contribution in [0.5, 0.6) is 0 Å². The van der Waals surface area contributed by atoms with Gasteiger partial charge >= 0.3 is 0 Å². The highest BCUT2D eigenvalue weighted by molar-refractivity contribution is 6.23. The van der Waals surface area contributed by atoms with Crippen molar-refractivity contribution in [2.24, 2.45) is 5.73 Å². The molecule has 1 aromatic heterocycles. The zero-order valence-electron chi connectivity index (χ0n) is 16.7. The molecule has 2 fully saturated rings. The van der Waals surface area contributed by atoms with Crippen molar-refractivity contribution in [2.75, 3.05) is 18.0 Å². The molecule has 11 heteroatoms. The molecule has 3 aliphatic rings. The molecule has 0 bridgehead atoms. The third kappa shape index (κ3) is 3.17. The molecule has 2 aromatic rings. The number of amides is 4. The normalized spacial score (nSPS) is 23.5. The molecule has 11 nitrogen and oxygen atoms in total. The van der Waals surface area contributed by atoms with Crippen LogP contribution in [0.3, 0.4) is 0 Å². The van der Waals surface area contributed by atoms with Gasteiger partial charge in [0.15, 0.2) is 0 Å². The third-order valence-electron chi connectivity index (χ3n) is 6.09. The highest BCUT2D eigenvalue weighted by Crippen LogP contribution is 2.33. The maximum atomic E-state index is 13.0. The van der Waals surface area contributed by atoms with E-state index in [9.17, 15) is 19.2 Å². The molecule has 0 aliphatic carbocycles. The number of hydrogen-bond donors (Lipinski definition) is 2. The first-order valence-corrected chi connectivity index (χ1v) is 10.2. The first kappa shape index (κ1) is 19.4. The average Bonchev–Trinajstić information content (AvgIpc) is 3.48. The van der Waals surface area contributed by atoms with Crippen LogP contribution in [-0.4, -0.2) is 62.7 Å². The number of rotatable bonds is 4. The van der Waals surface area contributed by atoms with Crippen molar-refractivity contribution >= 4 is 29.3 Å². The van der Waals surface area contributed by atoms with Crippen molar-refractivity contribution < 1.29 is 19.2 Å². The van der Waals surface area contributed by atoms with Crippen LogP contribution in [0, 0.1) is 0 Å². The van der Waals surface area contributed by atoms with Gasteiger partial charge in [0.25, 0.3) is 11.8 Å². The highest BCUT2D eigenvalue weighted by atomic mass is 16.2. The minimum Gasteiger partial charge on any atom is -0.369 e. The fraction of sp³-hybridized carbons (Fsp3) is 0.400. The van der Waals surface area contributed by atoms with Crippen LogP contribution < -0.4 is 16.0 Å². The molecule has 0 radical (unpaired) electrons. The van der Waals surface area contributed by atoms with Crippen LogP contribution in [0.4, 0.5) is 5.69 Å². The predicted molar refractivity (Wildman–Crippen MR) is 107 cm³/mol. The molecule has 2 atom stereocenters. The Morgan fingerprint density at radius 3 is 2.65 bits per heavy atom. The van der Waals surface area contributed by atoms with Gasteiger partial charge in [-0.1, -0.05) is 5.21 Å². The van der Waals surface area contributed by atoms with Gasteiger partial charge in [0, 0.05) is 31.7 Å². The number of fused-ring (bicyclic) bond motifs is 1. The van der Waals surface area contributed by atoms with Crippen molar-refractivity contribution in [3.05, 3.63) is 41.2 Å². The Hall–Kier alpha value is -3.60. The van der Waals surface area contributed by atoms with E-state index in [4.69, 9.17) is 5.73 Å². The van der Waals surface area contributed by atoms with Crippen LogP contribution in [0.15, 0.2) is 24.4 Å². The van der Waals surface area contributed by atoms with Crippen molar-refractivity contribution in [2.45, 2.75) is 37.9 Å². The van der Waals surface area contributed by atoms with Gasteiger partial charge in [-0.05, 0) is 31.0 Å². The highest BCUT2D eigenvalue weighted by Gasteiger charge is 2.44. The van der Waals surface area contributed by atoms with Gasteiger partial charge in [-0.3, -0.25) is 29.4 Å². The minimum atomic E-state index is -0.964. The second kappa shape index (κ2) is 7.27. The monoisotopic (exact) mass is 423 g/mol. The summed E-state index contributed by atoms with van der Waals surface area (Å²) in [5.41, 5.74) is 7.72. The lowest BCUT2D eigenvalue weighted by Gasteiger charge is -2.27. The second-order valence-corrected chi connectivity index (χ2v) is 7.96. The Morgan fingerprint density at radius 2 is 1.90 bits per heavy atom. The maximum Gasteiger partial charge on any atom is 0.262 e. The molecule has 0 saturated carbocycles. The van der Waals surface area contributed by atoms with Crippen LogP contribution in [0.25, 0.3) is 0 Å². The summed E-state index contributed by atoms with van der Waals surface area (Å²) in [6.07, 6.45) is 2.94. The van der Waals surface area contributed by atoms with Crippen molar-refractivity contribution in [3.8, 4) is 0 Å². The van der Waals surface area contributed by atoms with Gasteiger partial charge in [0.2, 0.25) is 11.8 Å². The van der Waals surface area contributed by atoms with Crippen LogP contribution in [0.1, 0.15) is 51.7 Å². The van der Waals surface area contributed by atoms with Crippen molar-refractivity contribution in [1.82, 2.24) is 25.2 Å². The molecule has 2 saturated heterocycles. The molecule has 31 heavy (non-hydrogen) atoms. The molecule has 0 spiro atoms. The summed E-state index contributed by atoms with van der Waals surface area (Å²) in [4.78, 5) is 52.6. The van der Waals surface area contributed by atoms with Gasteiger partial charge in [-0.25, -0.2) is 4.68 Å². The minimum absolute atomic E-state index is 0.0956. The molecule has 2 unspecified atom stereocenters. The summed E-state index contributed by atoms with van der Waals surface area (Å²) in [5, 5.41) is 10.4. The van der Waals surface area contributed by atoms with Gasteiger partial charge < -0.3 is 10.6 Å². The summed E-state index contributed by atoms with van der Waals surface area (Å²) >= 11 is 0. The second-order valence-electron chi connectivity index (χ2n) is 7.96. The number of anilines is 1. The van der Waals surface area contributed by atoms with E-state index in [1.165, 1.54) is 0 Å². The van der Waals surface area contributed by atoms with E-state index in [-0.39, 0.29) is 30.0 Å². The SMILES string of the molecule is NCc1cn(C2CCN(c3ccc4c(c3)C(=O)N(C3CCC(=O)NC3=O)C4=O)C2)nn1. The number of carbonyl (C=O) groups is 4. The summed E-state index contributed by atoms with van der Waals surface area (Å²) in [6.45, 7) is 1.78. The molecule has 4 amide bonds. The molecule has 5 rings (SSSR count). The number of hydrogen-bond acceptors (Lipinski definition) is 8. The first-order chi connectivity index (χ1) is 15.0. The topological polar surface area (TPSA) is 144 Å². The molecular formula is C20H21N7O4. The summed E-state index contributed by atoms with van der Waals surface area (Å²) in [7, 11) is 0. The molecule has 4 heterocycles. The lowest BCUT2D eigenvalue weighted by atomic mass is 10.0. The van der Waals surface area contributed by atoms with E-state index in [2.05, 4.69) is 20.5 Å². The summed E-state index contributed by atoms with van der Waals surface area (Å²) in [6, 6.07) is 4.32. The largest absolute Gasteiger partial charge is 0.369 e. The van der Waals surface area contributed by atoms with Gasteiger partial charge in [-0.2, -0.15) is 0 Å². The molecule has 160 valence electrons. The third-order valence-corrected chi connectivity index (χ3v) is 6.09. The average molecular weight is 423 g/mol. The number of piperidine rings is 1. The Balaban J connectivity index is 1.36. The lowest BCUT2D eigenvalue weighted by Crippen LogP contribution is -2.54. The molecule has 1 aromatic carbocycles. The smallest absolute Gasteiger partial charge is 0.262 e. The first-order valence-electron chi connectivity index (χ1n) is 10.2. The Morgan fingerprint density at radius 1 is 1.10 bits per heavy atom. The number of nitrogens with zero attached hydrogens (tertiary/aromatic N) is 5. The fourth-order valence-electron chi connectivity index (χ4n) is 4.43. The zero-order valence-corrected chi connectivity index (χ0v) is 16.7. The predicted octanol–water partition coefficient (Wildman–Crippen LogP) is -0.411. The Bertz CT molecular complexity index is 1110. The Labute approximate surface area is 177 Å². The van der Waals surface area contributed by atoms with E-state index in [0.29, 0.717) is 13.1 Å². The van der Waals surface area contributed by atoms with Crippen LogP contribution in [0.2, 0.25) is 0 Å². The van der Waals surface area contributed by atoms with Crippen molar-refractivity contribution in [3.63, 3.8) is 0 Å². The van der Waals surface area contributed by atoms with Gasteiger partial charge in [0.05, 0.1) is 29.1 Å². The number of aromatic nitrogens is 3. The van der Waals surface area contributed by atoms with E-state index in [0.717, 1.165) is 29.2 Å². The summed E-state index contributed by atoms with van der Waals surface area (Å²) < 4.78 is 1.81. The molecular weight excluding hydrogens is 402 g/mol.